The molecule has 0 saturated heterocycles. The molecular weight excluding hydrogens is 385 g/mol. The van der Waals surface area contributed by atoms with Gasteiger partial charge in [-0.3, -0.25) is 4.79 Å². The SMILES string of the molecule is O=C(NN=CC(Cl)(Cl)Cl)c1cccc(I)c1. The summed E-state index contributed by atoms with van der Waals surface area (Å²) in [5.74, 6) is -0.357. The van der Waals surface area contributed by atoms with Crippen LogP contribution in [0.1, 0.15) is 10.4 Å². The molecule has 0 bridgehead atoms. The fourth-order valence-electron chi connectivity index (χ4n) is 0.858. The number of rotatable bonds is 2. The molecule has 0 aliphatic heterocycles. The highest BCUT2D eigenvalue weighted by Crippen LogP contribution is 2.22. The highest BCUT2D eigenvalue weighted by molar-refractivity contribution is 14.1. The Morgan fingerprint density at radius 3 is 2.69 bits per heavy atom. The standard InChI is InChI=1S/C9H6Cl3IN2O/c10-9(11,12)5-14-15-8(16)6-2-1-3-7(13)4-6/h1-5H,(H,15,16). The largest absolute Gasteiger partial charge is 0.271 e. The predicted molar refractivity (Wildman–Crippen MR) is 75.4 cm³/mol. The summed E-state index contributed by atoms with van der Waals surface area (Å²) >= 11 is 18.4. The van der Waals surface area contributed by atoms with Gasteiger partial charge in [-0.15, -0.1) is 0 Å². The molecule has 1 N–H and O–H groups in total. The summed E-state index contributed by atoms with van der Waals surface area (Å²) in [6.07, 6.45) is 1.02. The summed E-state index contributed by atoms with van der Waals surface area (Å²) in [6, 6.07) is 7.04. The number of hydrogen-bond acceptors (Lipinski definition) is 2. The maximum Gasteiger partial charge on any atom is 0.271 e. The summed E-state index contributed by atoms with van der Waals surface area (Å²) in [7, 11) is 0. The van der Waals surface area contributed by atoms with Crippen molar-refractivity contribution < 1.29 is 4.79 Å². The van der Waals surface area contributed by atoms with Gasteiger partial charge in [0, 0.05) is 9.13 Å². The Bertz CT molecular complexity index is 417. The molecule has 0 radical (unpaired) electrons. The Hall–Kier alpha value is -0.0400. The van der Waals surface area contributed by atoms with Crippen LogP contribution in [0.4, 0.5) is 0 Å². The number of hydrogen-bond donors (Lipinski definition) is 1. The van der Waals surface area contributed by atoms with Gasteiger partial charge in [0.2, 0.25) is 3.79 Å². The molecule has 1 rings (SSSR count). The molecule has 0 heterocycles. The molecule has 16 heavy (non-hydrogen) atoms. The molecule has 1 aromatic carbocycles. The van der Waals surface area contributed by atoms with E-state index in [2.05, 4.69) is 33.1 Å². The van der Waals surface area contributed by atoms with E-state index in [0.29, 0.717) is 5.56 Å². The van der Waals surface area contributed by atoms with E-state index >= 15 is 0 Å². The Kier molecular flexibility index (Phi) is 5.30. The maximum absolute atomic E-state index is 11.5. The number of nitrogens with one attached hydrogen (secondary N) is 1. The minimum Gasteiger partial charge on any atom is -0.267 e. The van der Waals surface area contributed by atoms with Crippen molar-refractivity contribution in [2.75, 3.05) is 0 Å². The van der Waals surface area contributed by atoms with E-state index < -0.39 is 3.79 Å². The van der Waals surface area contributed by atoms with Crippen molar-refractivity contribution in [2.24, 2.45) is 5.10 Å². The molecule has 0 unspecified atom stereocenters. The van der Waals surface area contributed by atoms with Crippen LogP contribution < -0.4 is 5.43 Å². The quantitative estimate of drug-likeness (QED) is 0.357. The molecule has 1 amide bonds. The third-order valence-electron chi connectivity index (χ3n) is 1.46. The van der Waals surface area contributed by atoms with E-state index in [1.807, 2.05) is 6.07 Å². The Morgan fingerprint density at radius 1 is 1.44 bits per heavy atom. The lowest BCUT2D eigenvalue weighted by Gasteiger charge is -2.03. The van der Waals surface area contributed by atoms with Gasteiger partial charge in [-0.2, -0.15) is 5.10 Å². The van der Waals surface area contributed by atoms with E-state index in [4.69, 9.17) is 34.8 Å². The number of benzene rings is 1. The number of amides is 1. The summed E-state index contributed by atoms with van der Waals surface area (Å²) in [5.41, 5.74) is 2.75. The van der Waals surface area contributed by atoms with Gasteiger partial charge >= 0.3 is 0 Å². The molecule has 0 spiro atoms. The third kappa shape index (κ3) is 5.34. The van der Waals surface area contributed by atoms with Crippen LogP contribution in [-0.2, 0) is 0 Å². The van der Waals surface area contributed by atoms with Crippen molar-refractivity contribution >= 4 is 69.5 Å². The van der Waals surface area contributed by atoms with Crippen LogP contribution in [0.25, 0.3) is 0 Å². The number of nitrogens with zero attached hydrogens (tertiary/aromatic N) is 1. The van der Waals surface area contributed by atoms with Gasteiger partial charge in [0.1, 0.15) is 0 Å². The van der Waals surface area contributed by atoms with Gasteiger partial charge in [-0.1, -0.05) is 40.9 Å². The first-order chi connectivity index (χ1) is 7.38. The second-order valence-corrected chi connectivity index (χ2v) is 6.37. The Balaban J connectivity index is 2.64. The molecule has 7 heteroatoms. The monoisotopic (exact) mass is 390 g/mol. The van der Waals surface area contributed by atoms with E-state index in [9.17, 15) is 4.79 Å². The van der Waals surface area contributed by atoms with Crippen LogP contribution >= 0.6 is 57.4 Å². The van der Waals surface area contributed by atoms with Crippen LogP contribution in [0.2, 0.25) is 0 Å². The van der Waals surface area contributed by atoms with Crippen LogP contribution in [0, 0.1) is 3.57 Å². The molecular formula is C9H6Cl3IN2O. The molecule has 0 fully saturated rings. The third-order valence-corrected chi connectivity index (χ3v) is 2.43. The minimum absolute atomic E-state index is 0.357. The second kappa shape index (κ2) is 6.05. The fourth-order valence-corrected chi connectivity index (χ4v) is 1.55. The van der Waals surface area contributed by atoms with Crippen molar-refractivity contribution in [3.8, 4) is 0 Å². The molecule has 0 saturated carbocycles. The molecule has 0 aliphatic rings. The molecule has 1 aromatic rings. The summed E-state index contributed by atoms with van der Waals surface area (Å²) in [4.78, 5) is 11.5. The number of carbonyl (C=O) groups excluding carboxylic acids is 1. The zero-order valence-electron chi connectivity index (χ0n) is 7.75. The van der Waals surface area contributed by atoms with Gasteiger partial charge < -0.3 is 0 Å². The average molecular weight is 391 g/mol. The van der Waals surface area contributed by atoms with Crippen molar-refractivity contribution in [2.45, 2.75) is 3.79 Å². The van der Waals surface area contributed by atoms with Crippen LogP contribution in [0.3, 0.4) is 0 Å². The van der Waals surface area contributed by atoms with Crippen molar-refractivity contribution in [1.82, 2.24) is 5.43 Å². The first-order valence-electron chi connectivity index (χ1n) is 4.05. The van der Waals surface area contributed by atoms with Crippen molar-refractivity contribution in [3.05, 3.63) is 33.4 Å². The van der Waals surface area contributed by atoms with Gasteiger partial charge in [-0.25, -0.2) is 5.43 Å². The van der Waals surface area contributed by atoms with Crippen molar-refractivity contribution in [1.29, 1.82) is 0 Å². The predicted octanol–water partition coefficient (Wildman–Crippen LogP) is 3.38. The smallest absolute Gasteiger partial charge is 0.267 e. The molecule has 3 nitrogen and oxygen atoms in total. The summed E-state index contributed by atoms with van der Waals surface area (Å²) in [5, 5.41) is 3.53. The topological polar surface area (TPSA) is 41.5 Å². The van der Waals surface area contributed by atoms with E-state index in [-0.39, 0.29) is 5.91 Å². The molecule has 0 aromatic heterocycles. The van der Waals surface area contributed by atoms with Gasteiger partial charge in [0.15, 0.2) is 0 Å². The van der Waals surface area contributed by atoms with E-state index in [0.717, 1.165) is 9.78 Å². The fraction of sp³-hybridized carbons (Fsp3) is 0.111. The Labute approximate surface area is 121 Å². The number of alkyl halides is 3. The molecule has 86 valence electrons. The Morgan fingerprint density at radius 2 is 2.12 bits per heavy atom. The molecule has 0 aliphatic carbocycles. The average Bonchev–Trinajstić information content (AvgIpc) is 2.15. The van der Waals surface area contributed by atoms with Crippen LogP contribution in [0.5, 0.6) is 0 Å². The highest BCUT2D eigenvalue weighted by Gasteiger charge is 2.15. The zero-order valence-corrected chi connectivity index (χ0v) is 12.2. The maximum atomic E-state index is 11.5. The summed E-state index contributed by atoms with van der Waals surface area (Å²) < 4.78 is -0.658. The van der Waals surface area contributed by atoms with Crippen LogP contribution in [0.15, 0.2) is 29.4 Å². The minimum atomic E-state index is -1.61. The van der Waals surface area contributed by atoms with Gasteiger partial charge in [0.05, 0.1) is 6.21 Å². The lowest BCUT2D eigenvalue weighted by Crippen LogP contribution is -2.19. The summed E-state index contributed by atoms with van der Waals surface area (Å²) in [6.45, 7) is 0. The molecule has 0 atom stereocenters. The second-order valence-electron chi connectivity index (χ2n) is 2.75. The number of halogens is 4. The van der Waals surface area contributed by atoms with Crippen LogP contribution in [-0.4, -0.2) is 15.9 Å². The van der Waals surface area contributed by atoms with E-state index in [1.54, 1.807) is 18.2 Å². The number of hydrazone groups is 1. The first-order valence-corrected chi connectivity index (χ1v) is 6.26. The lowest BCUT2D eigenvalue weighted by molar-refractivity contribution is 0.0955. The first kappa shape index (κ1) is 14.0. The van der Waals surface area contributed by atoms with Gasteiger partial charge in [-0.05, 0) is 40.8 Å². The highest BCUT2D eigenvalue weighted by atomic mass is 127. The lowest BCUT2D eigenvalue weighted by atomic mass is 10.2. The zero-order chi connectivity index (χ0) is 12.2. The number of carbonyl (C=O) groups is 1. The van der Waals surface area contributed by atoms with E-state index in [1.165, 1.54) is 0 Å². The normalized spacial score (nSPS) is 11.8. The van der Waals surface area contributed by atoms with Gasteiger partial charge in [0.25, 0.3) is 5.91 Å². The van der Waals surface area contributed by atoms with Crippen molar-refractivity contribution in [3.63, 3.8) is 0 Å².